The fourth-order valence-electron chi connectivity index (χ4n) is 1.97. The molecule has 0 saturated carbocycles. The topological polar surface area (TPSA) is 32.7 Å². The van der Waals surface area contributed by atoms with Crippen LogP contribution in [-0.4, -0.2) is 48.5 Å². The Morgan fingerprint density at radius 3 is 3.00 bits per heavy atom. The Balaban J connectivity index is 2.21. The Morgan fingerprint density at radius 2 is 2.36 bits per heavy atom. The largest absolute Gasteiger partial charge is 0.392 e. The molecule has 0 aromatic heterocycles. The third-order valence-electron chi connectivity index (χ3n) is 2.54. The molecule has 0 radical (unpaired) electrons. The van der Waals surface area contributed by atoms with Crippen molar-refractivity contribution in [2.75, 3.05) is 26.2 Å². The van der Waals surface area contributed by atoms with Gasteiger partial charge in [-0.1, -0.05) is 6.92 Å². The van der Waals surface area contributed by atoms with Gasteiger partial charge in [0.05, 0.1) is 12.2 Å². The van der Waals surface area contributed by atoms with Crippen molar-refractivity contribution < 1.29 is 9.84 Å². The van der Waals surface area contributed by atoms with Crippen molar-refractivity contribution in [2.24, 2.45) is 0 Å². The van der Waals surface area contributed by atoms with Crippen LogP contribution in [0.3, 0.4) is 0 Å². The summed E-state index contributed by atoms with van der Waals surface area (Å²) in [5.74, 6) is 0. The predicted molar refractivity (Wildman–Crippen MR) is 57.4 cm³/mol. The molecule has 2 unspecified atom stereocenters. The van der Waals surface area contributed by atoms with Gasteiger partial charge in [-0.25, -0.2) is 0 Å². The van der Waals surface area contributed by atoms with Gasteiger partial charge in [0.25, 0.3) is 0 Å². The van der Waals surface area contributed by atoms with Gasteiger partial charge in [0.2, 0.25) is 0 Å². The highest BCUT2D eigenvalue weighted by Crippen LogP contribution is 2.13. The molecule has 2 atom stereocenters. The number of hydrogen-bond donors (Lipinski definition) is 1. The number of hydrogen-bond acceptors (Lipinski definition) is 3. The van der Waals surface area contributed by atoms with E-state index in [2.05, 4.69) is 11.8 Å². The Hall–Kier alpha value is -0.120. The maximum atomic E-state index is 9.28. The fourth-order valence-corrected chi connectivity index (χ4v) is 1.97. The molecule has 1 aliphatic heterocycles. The molecular weight excluding hydrogens is 178 g/mol. The molecule has 0 spiro atoms. The van der Waals surface area contributed by atoms with Gasteiger partial charge in [0.15, 0.2) is 0 Å². The van der Waals surface area contributed by atoms with E-state index in [4.69, 9.17) is 4.74 Å². The summed E-state index contributed by atoms with van der Waals surface area (Å²) in [5.41, 5.74) is 0. The summed E-state index contributed by atoms with van der Waals surface area (Å²) in [6.07, 6.45) is 3.63. The van der Waals surface area contributed by atoms with Crippen LogP contribution in [0.1, 0.15) is 33.1 Å². The summed E-state index contributed by atoms with van der Waals surface area (Å²) in [4.78, 5) is 2.30. The van der Waals surface area contributed by atoms with E-state index in [0.29, 0.717) is 6.10 Å². The van der Waals surface area contributed by atoms with E-state index in [9.17, 15) is 5.11 Å². The van der Waals surface area contributed by atoms with E-state index in [1.807, 2.05) is 6.92 Å². The lowest BCUT2D eigenvalue weighted by Gasteiger charge is -2.33. The van der Waals surface area contributed by atoms with Crippen molar-refractivity contribution in [3.63, 3.8) is 0 Å². The summed E-state index contributed by atoms with van der Waals surface area (Å²) in [6.45, 7) is 7.73. The van der Waals surface area contributed by atoms with Gasteiger partial charge in [0.1, 0.15) is 0 Å². The monoisotopic (exact) mass is 201 g/mol. The zero-order chi connectivity index (χ0) is 10.4. The van der Waals surface area contributed by atoms with Crippen LogP contribution >= 0.6 is 0 Å². The van der Waals surface area contributed by atoms with Crippen LogP contribution in [-0.2, 0) is 4.74 Å². The first-order valence-electron chi connectivity index (χ1n) is 5.74. The van der Waals surface area contributed by atoms with Gasteiger partial charge in [-0.3, -0.25) is 4.90 Å². The highest BCUT2D eigenvalue weighted by molar-refractivity contribution is 4.74. The second-order valence-corrected chi connectivity index (χ2v) is 4.24. The molecular formula is C11H23NO2. The quantitative estimate of drug-likeness (QED) is 0.727. The lowest BCUT2D eigenvalue weighted by atomic mass is 10.1. The maximum Gasteiger partial charge on any atom is 0.0702 e. The Bertz CT molecular complexity index is 150. The van der Waals surface area contributed by atoms with Crippen LogP contribution in [0, 0.1) is 0 Å². The first-order chi connectivity index (χ1) is 6.72. The van der Waals surface area contributed by atoms with Crippen LogP contribution in [0.25, 0.3) is 0 Å². The Morgan fingerprint density at radius 1 is 1.57 bits per heavy atom. The van der Waals surface area contributed by atoms with E-state index in [1.165, 1.54) is 12.8 Å². The summed E-state index contributed by atoms with van der Waals surface area (Å²) < 4.78 is 5.72. The van der Waals surface area contributed by atoms with Gasteiger partial charge in [-0.2, -0.15) is 0 Å². The highest BCUT2D eigenvalue weighted by atomic mass is 16.5. The molecule has 0 amide bonds. The summed E-state index contributed by atoms with van der Waals surface area (Å²) in [7, 11) is 0. The molecule has 1 heterocycles. The average Bonchev–Trinajstić information content (AvgIpc) is 2.14. The van der Waals surface area contributed by atoms with Crippen molar-refractivity contribution in [1.29, 1.82) is 0 Å². The standard InChI is InChI=1S/C11H23NO2/c1-3-7-14-11-5-4-6-12(9-11)8-10(2)13/h10-11,13H,3-9H2,1-2H3. The number of ether oxygens (including phenoxy) is 1. The average molecular weight is 201 g/mol. The van der Waals surface area contributed by atoms with Crippen LogP contribution in [0.15, 0.2) is 0 Å². The van der Waals surface area contributed by atoms with Crippen LogP contribution in [0.5, 0.6) is 0 Å². The number of nitrogens with zero attached hydrogens (tertiary/aromatic N) is 1. The first-order valence-corrected chi connectivity index (χ1v) is 5.74. The van der Waals surface area contributed by atoms with Gasteiger partial charge in [-0.15, -0.1) is 0 Å². The normalized spacial score (nSPS) is 26.4. The number of aliphatic hydroxyl groups is 1. The molecule has 0 aromatic carbocycles. The molecule has 3 heteroatoms. The van der Waals surface area contributed by atoms with Crippen LogP contribution in [0.2, 0.25) is 0 Å². The van der Waals surface area contributed by atoms with E-state index in [-0.39, 0.29) is 6.10 Å². The first kappa shape index (κ1) is 12.0. The molecule has 3 nitrogen and oxygen atoms in total. The van der Waals surface area contributed by atoms with Crippen molar-refractivity contribution in [3.8, 4) is 0 Å². The molecule has 1 rings (SSSR count). The van der Waals surface area contributed by atoms with Gasteiger partial charge < -0.3 is 9.84 Å². The minimum Gasteiger partial charge on any atom is -0.392 e. The number of β-amino-alcohol motifs (C(OH)–C–C–N with tert-alkyl or cyclic N) is 1. The summed E-state index contributed by atoms with van der Waals surface area (Å²) in [6, 6.07) is 0. The molecule has 1 fully saturated rings. The minimum atomic E-state index is -0.222. The predicted octanol–water partition coefficient (Wildman–Crippen LogP) is 1.26. The molecule has 1 aliphatic rings. The minimum absolute atomic E-state index is 0.222. The molecule has 14 heavy (non-hydrogen) atoms. The maximum absolute atomic E-state index is 9.28. The number of likely N-dealkylation sites (tertiary alicyclic amines) is 1. The van der Waals surface area contributed by atoms with E-state index >= 15 is 0 Å². The zero-order valence-electron chi connectivity index (χ0n) is 9.41. The van der Waals surface area contributed by atoms with Gasteiger partial charge >= 0.3 is 0 Å². The smallest absolute Gasteiger partial charge is 0.0702 e. The number of aliphatic hydroxyl groups excluding tert-OH is 1. The molecule has 84 valence electrons. The van der Waals surface area contributed by atoms with Gasteiger partial charge in [-0.05, 0) is 32.7 Å². The lowest BCUT2D eigenvalue weighted by Crippen LogP contribution is -2.42. The number of piperidine rings is 1. The van der Waals surface area contributed by atoms with Crippen molar-refractivity contribution in [1.82, 2.24) is 4.90 Å². The molecule has 1 saturated heterocycles. The zero-order valence-corrected chi connectivity index (χ0v) is 9.41. The molecule has 1 N–H and O–H groups in total. The van der Waals surface area contributed by atoms with Gasteiger partial charge in [0, 0.05) is 19.7 Å². The molecule has 0 aliphatic carbocycles. The Labute approximate surface area is 87.1 Å². The second-order valence-electron chi connectivity index (χ2n) is 4.24. The SMILES string of the molecule is CCCOC1CCCN(CC(C)O)C1. The summed E-state index contributed by atoms with van der Waals surface area (Å²) in [5, 5.41) is 9.28. The van der Waals surface area contributed by atoms with Crippen molar-refractivity contribution >= 4 is 0 Å². The summed E-state index contributed by atoms with van der Waals surface area (Å²) >= 11 is 0. The van der Waals surface area contributed by atoms with E-state index in [0.717, 1.165) is 32.7 Å². The van der Waals surface area contributed by atoms with Crippen LogP contribution < -0.4 is 0 Å². The molecule has 0 bridgehead atoms. The highest BCUT2D eigenvalue weighted by Gasteiger charge is 2.20. The van der Waals surface area contributed by atoms with Crippen LogP contribution in [0.4, 0.5) is 0 Å². The van der Waals surface area contributed by atoms with Crippen molar-refractivity contribution in [2.45, 2.75) is 45.3 Å². The molecule has 0 aromatic rings. The van der Waals surface area contributed by atoms with Crippen molar-refractivity contribution in [3.05, 3.63) is 0 Å². The fraction of sp³-hybridized carbons (Fsp3) is 1.00. The third kappa shape index (κ3) is 4.40. The number of rotatable bonds is 5. The van der Waals surface area contributed by atoms with E-state index in [1.54, 1.807) is 0 Å². The Kier molecular flexibility index (Phi) is 5.45. The third-order valence-corrected chi connectivity index (χ3v) is 2.54. The van der Waals surface area contributed by atoms with E-state index < -0.39 is 0 Å². The second kappa shape index (κ2) is 6.38. The lowest BCUT2D eigenvalue weighted by molar-refractivity contribution is -0.00989.